The predicted molar refractivity (Wildman–Crippen MR) is 103 cm³/mol. The van der Waals surface area contributed by atoms with Crippen LogP contribution in [0.25, 0.3) is 0 Å². The molecule has 3 aliphatic rings. The van der Waals surface area contributed by atoms with Crippen LogP contribution in [0.2, 0.25) is 0 Å². The lowest BCUT2D eigenvalue weighted by atomic mass is 9.70. The third-order valence-electron chi connectivity index (χ3n) is 7.18. The van der Waals surface area contributed by atoms with Crippen LogP contribution in [0.1, 0.15) is 38.7 Å². The summed E-state index contributed by atoms with van der Waals surface area (Å²) in [5.41, 5.74) is 0.293. The first-order valence-corrected chi connectivity index (χ1v) is 10.8. The molecule has 2 saturated carbocycles. The maximum absolute atomic E-state index is 13.1. The standard InChI is InChI=1S/C21H25NO4S/c1-20(2)15-8-9-21(20,17(23)10-15)13-27(26)16-11-18(24)22(19(16)25)12-14-6-4-3-5-7-14/h3-7,11,15,17,23H,8-10,12-13H2,1-2H3/t15-,17-,21-,27?/m1/s1. The lowest BCUT2D eigenvalue weighted by Crippen LogP contribution is -2.43. The highest BCUT2D eigenvalue weighted by Gasteiger charge is 2.64. The Morgan fingerprint density at radius 2 is 1.93 bits per heavy atom. The SMILES string of the molecule is CC1(C)[C@@H]2CC[C@@]1(CS(=O)C1=CC(=O)N(Cc3ccccc3)C1=O)[C@H](O)C2. The summed E-state index contributed by atoms with van der Waals surface area (Å²) >= 11 is 0. The zero-order chi connectivity index (χ0) is 19.4. The summed E-state index contributed by atoms with van der Waals surface area (Å²) in [5.74, 6) is -0.227. The summed E-state index contributed by atoms with van der Waals surface area (Å²) < 4.78 is 13.1. The Hall–Kier alpha value is -1.79. The lowest BCUT2D eigenvalue weighted by Gasteiger charge is -2.40. The van der Waals surface area contributed by atoms with Crippen molar-refractivity contribution in [2.45, 2.75) is 45.8 Å². The van der Waals surface area contributed by atoms with Gasteiger partial charge in [-0.25, -0.2) is 0 Å². The third kappa shape index (κ3) is 2.72. The molecular weight excluding hydrogens is 362 g/mol. The zero-order valence-corrected chi connectivity index (χ0v) is 16.5. The topological polar surface area (TPSA) is 74.7 Å². The summed E-state index contributed by atoms with van der Waals surface area (Å²) in [6, 6.07) is 9.28. The summed E-state index contributed by atoms with van der Waals surface area (Å²) in [6.45, 7) is 4.45. The highest BCUT2D eigenvalue weighted by Crippen LogP contribution is 2.66. The van der Waals surface area contributed by atoms with Crippen molar-refractivity contribution >= 4 is 22.6 Å². The van der Waals surface area contributed by atoms with Crippen molar-refractivity contribution in [3.05, 3.63) is 46.9 Å². The number of hydrogen-bond acceptors (Lipinski definition) is 4. The van der Waals surface area contributed by atoms with Crippen LogP contribution in [-0.2, 0) is 26.9 Å². The third-order valence-corrected chi connectivity index (χ3v) is 8.74. The van der Waals surface area contributed by atoms with Gasteiger partial charge in [0.1, 0.15) is 4.91 Å². The molecule has 1 aromatic carbocycles. The number of carbonyl (C=O) groups is 2. The Kier molecular flexibility index (Phi) is 4.39. The van der Waals surface area contributed by atoms with Gasteiger partial charge in [0.25, 0.3) is 11.8 Å². The molecule has 1 unspecified atom stereocenters. The highest BCUT2D eigenvalue weighted by atomic mass is 32.2. The van der Waals surface area contributed by atoms with Crippen LogP contribution in [0.5, 0.6) is 0 Å². The van der Waals surface area contributed by atoms with Crippen LogP contribution in [0, 0.1) is 16.7 Å². The summed E-state index contributed by atoms with van der Waals surface area (Å²) in [7, 11) is -1.61. The molecule has 144 valence electrons. The van der Waals surface area contributed by atoms with Crippen LogP contribution >= 0.6 is 0 Å². The number of carbonyl (C=O) groups excluding carboxylic acids is 2. The molecule has 2 bridgehead atoms. The first-order chi connectivity index (χ1) is 12.8. The van der Waals surface area contributed by atoms with Gasteiger partial charge in [0.15, 0.2) is 0 Å². The molecule has 5 nitrogen and oxygen atoms in total. The molecule has 27 heavy (non-hydrogen) atoms. The first kappa shape index (κ1) is 18.6. The van der Waals surface area contributed by atoms with E-state index < -0.39 is 34.1 Å². The maximum atomic E-state index is 13.1. The maximum Gasteiger partial charge on any atom is 0.270 e. The number of rotatable bonds is 5. The monoisotopic (exact) mass is 387 g/mol. The van der Waals surface area contributed by atoms with Crippen LogP contribution in [0.4, 0.5) is 0 Å². The normalized spacial score (nSPS) is 32.9. The van der Waals surface area contributed by atoms with E-state index in [0.29, 0.717) is 5.92 Å². The Labute approximate surface area is 161 Å². The first-order valence-electron chi connectivity index (χ1n) is 9.44. The van der Waals surface area contributed by atoms with Crippen LogP contribution in [0.15, 0.2) is 41.3 Å². The van der Waals surface area contributed by atoms with Gasteiger partial charge < -0.3 is 5.11 Å². The second kappa shape index (κ2) is 6.38. The Morgan fingerprint density at radius 1 is 1.22 bits per heavy atom. The zero-order valence-electron chi connectivity index (χ0n) is 15.7. The van der Waals surface area contributed by atoms with E-state index in [0.717, 1.165) is 29.7 Å². The minimum Gasteiger partial charge on any atom is -0.392 e. The smallest absolute Gasteiger partial charge is 0.270 e. The quantitative estimate of drug-likeness (QED) is 0.787. The van der Waals surface area contributed by atoms with E-state index in [2.05, 4.69) is 13.8 Å². The average Bonchev–Trinajstić information content (AvgIpc) is 3.12. The Balaban J connectivity index is 1.52. The van der Waals surface area contributed by atoms with Crippen molar-refractivity contribution in [3.63, 3.8) is 0 Å². The number of amides is 2. The van der Waals surface area contributed by atoms with E-state index in [9.17, 15) is 18.9 Å². The van der Waals surface area contributed by atoms with Crippen molar-refractivity contribution in [2.24, 2.45) is 16.7 Å². The molecule has 1 N–H and O–H groups in total. The largest absolute Gasteiger partial charge is 0.392 e. The van der Waals surface area contributed by atoms with Gasteiger partial charge in [-0.05, 0) is 36.2 Å². The van der Waals surface area contributed by atoms with Crippen molar-refractivity contribution in [1.29, 1.82) is 0 Å². The van der Waals surface area contributed by atoms with E-state index in [1.54, 1.807) is 0 Å². The molecule has 4 atom stereocenters. The Bertz CT molecular complexity index is 847. The van der Waals surface area contributed by atoms with Gasteiger partial charge in [-0.3, -0.25) is 18.7 Å². The molecule has 1 heterocycles. The van der Waals surface area contributed by atoms with Crippen molar-refractivity contribution in [2.75, 3.05) is 5.75 Å². The van der Waals surface area contributed by atoms with Gasteiger partial charge in [0.2, 0.25) is 0 Å². The molecule has 6 heteroatoms. The number of aliphatic hydroxyl groups excluding tert-OH is 1. The molecule has 1 aromatic rings. The molecule has 0 aromatic heterocycles. The summed E-state index contributed by atoms with van der Waals surface area (Å²) in [4.78, 5) is 26.3. The number of imide groups is 1. The van der Waals surface area contributed by atoms with Crippen LogP contribution in [-0.4, -0.2) is 37.9 Å². The highest BCUT2D eigenvalue weighted by molar-refractivity contribution is 7.90. The molecule has 0 radical (unpaired) electrons. The van der Waals surface area contributed by atoms with Gasteiger partial charge in [0.05, 0.1) is 23.4 Å². The van der Waals surface area contributed by atoms with E-state index >= 15 is 0 Å². The summed E-state index contributed by atoms with van der Waals surface area (Å²) in [6.07, 6.45) is 3.30. The fourth-order valence-electron chi connectivity index (χ4n) is 5.25. The fraction of sp³-hybridized carbons (Fsp3) is 0.524. The number of fused-ring (bicyclic) bond motifs is 2. The molecule has 0 saturated heterocycles. The minimum absolute atomic E-state index is 0.0728. The number of benzene rings is 1. The van der Waals surface area contributed by atoms with Crippen molar-refractivity contribution in [1.82, 2.24) is 4.90 Å². The number of hydrogen-bond donors (Lipinski definition) is 1. The van der Waals surface area contributed by atoms with Gasteiger partial charge in [-0.2, -0.15) is 0 Å². The van der Waals surface area contributed by atoms with Crippen LogP contribution in [0.3, 0.4) is 0 Å². The average molecular weight is 388 g/mol. The number of aliphatic hydroxyl groups is 1. The van der Waals surface area contributed by atoms with Gasteiger partial charge in [-0.1, -0.05) is 44.2 Å². The predicted octanol–water partition coefficient (Wildman–Crippen LogP) is 2.38. The second-order valence-electron chi connectivity index (χ2n) is 8.58. The molecule has 0 spiro atoms. The minimum atomic E-state index is -1.61. The lowest BCUT2D eigenvalue weighted by molar-refractivity contribution is -0.137. The number of nitrogens with zero attached hydrogens (tertiary/aromatic N) is 1. The van der Waals surface area contributed by atoms with E-state index in [-0.39, 0.29) is 22.6 Å². The van der Waals surface area contributed by atoms with Crippen molar-refractivity contribution < 1.29 is 18.9 Å². The molecular formula is C21H25NO4S. The molecule has 2 fully saturated rings. The van der Waals surface area contributed by atoms with Gasteiger partial charge in [-0.15, -0.1) is 0 Å². The van der Waals surface area contributed by atoms with E-state index in [4.69, 9.17) is 0 Å². The molecule has 2 amide bonds. The molecule has 4 rings (SSSR count). The Morgan fingerprint density at radius 3 is 2.52 bits per heavy atom. The molecule has 1 aliphatic heterocycles. The fourth-order valence-corrected chi connectivity index (χ4v) is 7.12. The summed E-state index contributed by atoms with van der Waals surface area (Å²) in [5, 5.41) is 10.6. The van der Waals surface area contributed by atoms with Gasteiger partial charge in [0, 0.05) is 17.2 Å². The van der Waals surface area contributed by atoms with E-state index in [1.165, 1.54) is 6.08 Å². The van der Waals surface area contributed by atoms with Crippen molar-refractivity contribution in [3.8, 4) is 0 Å². The van der Waals surface area contributed by atoms with E-state index in [1.807, 2.05) is 30.3 Å². The molecule has 2 aliphatic carbocycles. The van der Waals surface area contributed by atoms with Gasteiger partial charge >= 0.3 is 0 Å². The second-order valence-corrected chi connectivity index (χ2v) is 10.00. The van der Waals surface area contributed by atoms with Crippen LogP contribution < -0.4 is 0 Å².